The molecule has 4 aromatic rings. The number of hydrogen-bond acceptors (Lipinski definition) is 7. The Kier molecular flexibility index (Phi) is 6.73. The number of tetrazole rings is 1. The number of nitrogens with zero attached hydrogens (tertiary/aromatic N) is 5. The number of ether oxygens (including phenoxy) is 1. The molecule has 0 N–H and O–H groups in total. The topological polar surface area (TPSA) is 73.1 Å². The van der Waals surface area contributed by atoms with Crippen molar-refractivity contribution >= 4 is 28.6 Å². The Morgan fingerprint density at radius 1 is 1.13 bits per heavy atom. The highest BCUT2D eigenvalue weighted by Gasteiger charge is 2.23. The molecule has 0 spiro atoms. The van der Waals surface area contributed by atoms with Crippen LogP contribution in [-0.2, 0) is 24.3 Å². The molecular formula is C22H23N5O2S2. The van der Waals surface area contributed by atoms with Crippen LogP contribution in [0.4, 0.5) is 0 Å². The lowest BCUT2D eigenvalue weighted by Crippen LogP contribution is -2.41. The first-order valence-corrected chi connectivity index (χ1v) is 11.6. The molecule has 0 aliphatic rings. The number of carbonyl (C=O) groups excluding carboxylic acids is 1. The number of carbonyl (C=O) groups is 1. The van der Waals surface area contributed by atoms with E-state index in [-0.39, 0.29) is 18.5 Å². The SMILES string of the molecule is COc1ccc(CN(C(=O)Cn2nnc(-c3cccs3)n2)[C@H](C)Cc2cccs2)cc1. The zero-order valence-electron chi connectivity index (χ0n) is 17.3. The van der Waals surface area contributed by atoms with Crippen LogP contribution >= 0.6 is 22.7 Å². The van der Waals surface area contributed by atoms with Gasteiger partial charge in [0.25, 0.3) is 0 Å². The molecule has 3 aromatic heterocycles. The first-order chi connectivity index (χ1) is 15.1. The third-order valence-corrected chi connectivity index (χ3v) is 6.68. The molecule has 1 atom stereocenters. The number of benzene rings is 1. The Bertz CT molecular complexity index is 1090. The van der Waals surface area contributed by atoms with Gasteiger partial charge < -0.3 is 9.64 Å². The van der Waals surface area contributed by atoms with Gasteiger partial charge in [-0.1, -0.05) is 24.3 Å². The third kappa shape index (κ3) is 5.36. The molecule has 160 valence electrons. The predicted octanol–water partition coefficient (Wildman–Crippen LogP) is 4.13. The number of aromatic nitrogens is 4. The molecule has 4 rings (SSSR count). The van der Waals surface area contributed by atoms with Gasteiger partial charge in [-0.3, -0.25) is 4.79 Å². The highest BCUT2D eigenvalue weighted by Crippen LogP contribution is 2.21. The van der Waals surface area contributed by atoms with E-state index in [9.17, 15) is 4.79 Å². The predicted molar refractivity (Wildman–Crippen MR) is 122 cm³/mol. The Morgan fingerprint density at radius 2 is 1.90 bits per heavy atom. The lowest BCUT2D eigenvalue weighted by atomic mass is 10.1. The van der Waals surface area contributed by atoms with Crippen molar-refractivity contribution in [3.05, 3.63) is 69.7 Å². The average Bonchev–Trinajstić information content (AvgIpc) is 3.54. The zero-order valence-corrected chi connectivity index (χ0v) is 19.0. The number of amides is 1. The van der Waals surface area contributed by atoms with Crippen molar-refractivity contribution in [1.29, 1.82) is 0 Å². The van der Waals surface area contributed by atoms with Crippen LogP contribution in [0.1, 0.15) is 17.4 Å². The van der Waals surface area contributed by atoms with Crippen molar-refractivity contribution in [3.8, 4) is 16.5 Å². The molecule has 0 bridgehead atoms. The molecule has 0 saturated heterocycles. The second-order valence-electron chi connectivity index (χ2n) is 7.12. The van der Waals surface area contributed by atoms with E-state index in [1.165, 1.54) is 9.67 Å². The van der Waals surface area contributed by atoms with E-state index >= 15 is 0 Å². The molecule has 0 saturated carbocycles. The third-order valence-electron chi connectivity index (χ3n) is 4.91. The van der Waals surface area contributed by atoms with Gasteiger partial charge in [-0.05, 0) is 52.7 Å². The van der Waals surface area contributed by atoms with Crippen molar-refractivity contribution < 1.29 is 9.53 Å². The Labute approximate surface area is 188 Å². The van der Waals surface area contributed by atoms with Gasteiger partial charge in [0, 0.05) is 23.9 Å². The van der Waals surface area contributed by atoms with E-state index in [4.69, 9.17) is 4.74 Å². The highest BCUT2D eigenvalue weighted by molar-refractivity contribution is 7.13. The van der Waals surface area contributed by atoms with Crippen LogP contribution in [0.2, 0.25) is 0 Å². The summed E-state index contributed by atoms with van der Waals surface area (Å²) in [6.45, 7) is 2.62. The monoisotopic (exact) mass is 453 g/mol. The van der Waals surface area contributed by atoms with E-state index in [0.717, 1.165) is 22.6 Å². The second kappa shape index (κ2) is 9.84. The summed E-state index contributed by atoms with van der Waals surface area (Å²) in [5, 5.41) is 16.6. The van der Waals surface area contributed by atoms with Crippen molar-refractivity contribution in [2.75, 3.05) is 7.11 Å². The molecule has 1 amide bonds. The minimum atomic E-state index is -0.0463. The minimum Gasteiger partial charge on any atom is -0.497 e. The van der Waals surface area contributed by atoms with Gasteiger partial charge in [-0.25, -0.2) is 0 Å². The fraction of sp³-hybridized carbons (Fsp3) is 0.273. The Morgan fingerprint density at radius 3 is 2.58 bits per heavy atom. The fourth-order valence-corrected chi connectivity index (χ4v) is 4.75. The Balaban J connectivity index is 1.51. The van der Waals surface area contributed by atoms with E-state index in [2.05, 4.69) is 33.8 Å². The number of methoxy groups -OCH3 is 1. The first kappa shape index (κ1) is 21.2. The molecule has 31 heavy (non-hydrogen) atoms. The van der Waals surface area contributed by atoms with E-state index < -0.39 is 0 Å². The van der Waals surface area contributed by atoms with Gasteiger partial charge in [-0.2, -0.15) is 4.80 Å². The molecule has 7 nitrogen and oxygen atoms in total. The standard InChI is InChI=1S/C22H23N5O2S2/c1-16(13-19-5-3-11-30-19)26(14-17-7-9-18(29-2)10-8-17)21(28)15-27-24-22(23-25-27)20-6-4-12-31-20/h3-12,16H,13-15H2,1-2H3/t16-/m1/s1. The van der Waals surface area contributed by atoms with Gasteiger partial charge in [0.2, 0.25) is 11.7 Å². The molecular weight excluding hydrogens is 430 g/mol. The van der Waals surface area contributed by atoms with Crippen molar-refractivity contribution in [3.63, 3.8) is 0 Å². The quantitative estimate of drug-likeness (QED) is 0.381. The fourth-order valence-electron chi connectivity index (χ4n) is 3.27. The Hall–Kier alpha value is -3.04. The highest BCUT2D eigenvalue weighted by atomic mass is 32.1. The van der Waals surface area contributed by atoms with Gasteiger partial charge in [0.1, 0.15) is 12.3 Å². The van der Waals surface area contributed by atoms with E-state index in [1.807, 2.05) is 52.7 Å². The largest absolute Gasteiger partial charge is 0.497 e. The lowest BCUT2D eigenvalue weighted by molar-refractivity contribution is -0.135. The summed E-state index contributed by atoms with van der Waals surface area (Å²) in [7, 11) is 1.64. The number of rotatable bonds is 9. The van der Waals surface area contributed by atoms with Crippen molar-refractivity contribution in [1.82, 2.24) is 25.1 Å². The summed E-state index contributed by atoms with van der Waals surface area (Å²) in [5.41, 5.74) is 1.04. The molecule has 0 aliphatic carbocycles. The van der Waals surface area contributed by atoms with Crippen LogP contribution in [0.15, 0.2) is 59.3 Å². The van der Waals surface area contributed by atoms with E-state index in [0.29, 0.717) is 12.4 Å². The maximum absolute atomic E-state index is 13.3. The summed E-state index contributed by atoms with van der Waals surface area (Å²) in [6.07, 6.45) is 0.796. The van der Waals surface area contributed by atoms with Crippen LogP contribution in [0, 0.1) is 0 Å². The van der Waals surface area contributed by atoms with E-state index in [1.54, 1.807) is 29.8 Å². The smallest absolute Gasteiger partial charge is 0.246 e. The zero-order chi connectivity index (χ0) is 21.6. The summed E-state index contributed by atoms with van der Waals surface area (Å²) >= 11 is 3.25. The van der Waals surface area contributed by atoms with Crippen LogP contribution in [0.5, 0.6) is 5.75 Å². The molecule has 1 aromatic carbocycles. The average molecular weight is 454 g/mol. The molecule has 0 aliphatic heterocycles. The van der Waals surface area contributed by atoms with Gasteiger partial charge in [-0.15, -0.1) is 32.9 Å². The van der Waals surface area contributed by atoms with Gasteiger partial charge in [0.05, 0.1) is 12.0 Å². The maximum Gasteiger partial charge on any atom is 0.246 e. The lowest BCUT2D eigenvalue weighted by Gasteiger charge is -2.29. The molecule has 0 fully saturated rings. The number of thiophene rings is 2. The van der Waals surface area contributed by atoms with Crippen LogP contribution in [0.25, 0.3) is 10.7 Å². The summed E-state index contributed by atoms with van der Waals surface area (Å²) < 4.78 is 5.25. The molecule has 0 radical (unpaired) electrons. The van der Waals surface area contributed by atoms with Crippen LogP contribution in [0.3, 0.4) is 0 Å². The number of hydrogen-bond donors (Lipinski definition) is 0. The molecule has 3 heterocycles. The first-order valence-electron chi connectivity index (χ1n) is 9.89. The summed E-state index contributed by atoms with van der Waals surface area (Å²) in [5.74, 6) is 1.28. The van der Waals surface area contributed by atoms with Gasteiger partial charge >= 0.3 is 0 Å². The van der Waals surface area contributed by atoms with Crippen LogP contribution < -0.4 is 4.74 Å². The molecule has 9 heteroatoms. The maximum atomic E-state index is 13.3. The van der Waals surface area contributed by atoms with Crippen LogP contribution in [-0.4, -0.2) is 44.2 Å². The molecule has 0 unspecified atom stereocenters. The van der Waals surface area contributed by atoms with Gasteiger partial charge in [0.15, 0.2) is 0 Å². The summed E-state index contributed by atoms with van der Waals surface area (Å²) in [6, 6.07) is 15.8. The normalized spacial score (nSPS) is 11.9. The second-order valence-corrected chi connectivity index (χ2v) is 9.10. The van der Waals surface area contributed by atoms with Crippen molar-refractivity contribution in [2.24, 2.45) is 0 Å². The minimum absolute atomic E-state index is 0.0218. The summed E-state index contributed by atoms with van der Waals surface area (Å²) in [4.78, 5) is 18.7. The van der Waals surface area contributed by atoms with Crippen molar-refractivity contribution in [2.45, 2.75) is 32.5 Å².